The van der Waals surface area contributed by atoms with Crippen molar-refractivity contribution in [3.63, 3.8) is 0 Å². The van der Waals surface area contributed by atoms with Gasteiger partial charge in [-0.1, -0.05) is 0 Å². The Bertz CT molecular complexity index is 137. The molecular formula is C6H14N4. The van der Waals surface area contributed by atoms with E-state index in [0.717, 1.165) is 0 Å². The summed E-state index contributed by atoms with van der Waals surface area (Å²) >= 11 is 0. The minimum absolute atomic E-state index is 0.258. The monoisotopic (exact) mass is 142 g/mol. The summed E-state index contributed by atoms with van der Waals surface area (Å²) in [5, 5.41) is 7.24. The third-order valence-corrected chi connectivity index (χ3v) is 0.835. The van der Waals surface area contributed by atoms with E-state index in [2.05, 4.69) is 4.99 Å². The molecule has 0 aromatic heterocycles. The van der Waals surface area contributed by atoms with Gasteiger partial charge in [-0.25, -0.2) is 4.99 Å². The maximum absolute atomic E-state index is 7.24. The van der Waals surface area contributed by atoms with Crippen molar-refractivity contribution >= 4 is 12.3 Å². The van der Waals surface area contributed by atoms with Crippen LogP contribution in [0, 0.1) is 5.41 Å². The third kappa shape index (κ3) is 3.88. The van der Waals surface area contributed by atoms with E-state index in [1.54, 1.807) is 30.2 Å². The summed E-state index contributed by atoms with van der Waals surface area (Å²) in [6, 6.07) is 0. The van der Waals surface area contributed by atoms with E-state index < -0.39 is 0 Å². The zero-order valence-electron chi connectivity index (χ0n) is 6.92. The summed E-state index contributed by atoms with van der Waals surface area (Å²) in [6.07, 6.45) is 1.60. The molecule has 0 radical (unpaired) electrons. The van der Waals surface area contributed by atoms with Crippen molar-refractivity contribution in [3.8, 4) is 0 Å². The van der Waals surface area contributed by atoms with Gasteiger partial charge in [0.05, 0.1) is 6.34 Å². The number of nitrogens with one attached hydrogen (secondary N) is 1. The number of rotatable bonds is 1. The van der Waals surface area contributed by atoms with Crippen LogP contribution >= 0.6 is 0 Å². The second-order valence-corrected chi connectivity index (χ2v) is 2.43. The summed E-state index contributed by atoms with van der Waals surface area (Å²) in [7, 11) is 7.31. The molecule has 4 nitrogen and oxygen atoms in total. The molecule has 0 aliphatic heterocycles. The van der Waals surface area contributed by atoms with E-state index in [0.29, 0.717) is 0 Å². The Morgan fingerprint density at radius 2 is 1.80 bits per heavy atom. The van der Waals surface area contributed by atoms with E-state index in [4.69, 9.17) is 5.41 Å². The van der Waals surface area contributed by atoms with E-state index >= 15 is 0 Å². The smallest absolute Gasteiger partial charge is 0.218 e. The van der Waals surface area contributed by atoms with Gasteiger partial charge in [-0.15, -0.1) is 0 Å². The van der Waals surface area contributed by atoms with Crippen molar-refractivity contribution < 1.29 is 0 Å². The Morgan fingerprint density at radius 3 is 2.10 bits per heavy atom. The van der Waals surface area contributed by atoms with Crippen LogP contribution in [-0.4, -0.2) is 50.3 Å². The molecule has 0 atom stereocenters. The largest absolute Gasteiger partial charge is 0.369 e. The van der Waals surface area contributed by atoms with Crippen LogP contribution in [0.4, 0.5) is 0 Å². The molecule has 0 aliphatic carbocycles. The molecule has 0 saturated heterocycles. The van der Waals surface area contributed by atoms with Gasteiger partial charge in [0.2, 0.25) is 5.96 Å². The average Bonchev–Trinajstić information content (AvgIpc) is 1.82. The Labute approximate surface area is 61.7 Å². The first-order valence-electron chi connectivity index (χ1n) is 3.00. The molecule has 0 aromatic rings. The lowest BCUT2D eigenvalue weighted by atomic mass is 10.8. The van der Waals surface area contributed by atoms with Crippen molar-refractivity contribution in [1.29, 1.82) is 5.41 Å². The second kappa shape index (κ2) is 3.87. The van der Waals surface area contributed by atoms with E-state index in [1.165, 1.54) is 0 Å². The molecular weight excluding hydrogens is 128 g/mol. The van der Waals surface area contributed by atoms with Crippen LogP contribution in [0.1, 0.15) is 0 Å². The summed E-state index contributed by atoms with van der Waals surface area (Å²) in [5.74, 6) is 0.258. The Hall–Kier alpha value is -1.06. The average molecular weight is 142 g/mol. The van der Waals surface area contributed by atoms with Crippen LogP contribution in [-0.2, 0) is 0 Å². The van der Waals surface area contributed by atoms with Crippen molar-refractivity contribution in [2.75, 3.05) is 28.2 Å². The number of guanidine groups is 1. The van der Waals surface area contributed by atoms with Gasteiger partial charge in [0, 0.05) is 28.2 Å². The maximum Gasteiger partial charge on any atom is 0.218 e. The highest BCUT2D eigenvalue weighted by Crippen LogP contribution is 1.79. The van der Waals surface area contributed by atoms with E-state index in [9.17, 15) is 0 Å². The van der Waals surface area contributed by atoms with E-state index in [-0.39, 0.29) is 5.96 Å². The summed E-state index contributed by atoms with van der Waals surface area (Å²) in [5.41, 5.74) is 0. The third-order valence-electron chi connectivity index (χ3n) is 0.835. The predicted octanol–water partition coefficient (Wildman–Crippen LogP) is 0.0727. The lowest BCUT2D eigenvalue weighted by molar-refractivity contribution is 0.603. The Balaban J connectivity index is 3.79. The highest BCUT2D eigenvalue weighted by molar-refractivity contribution is 5.84. The van der Waals surface area contributed by atoms with Crippen LogP contribution in [0.25, 0.3) is 0 Å². The van der Waals surface area contributed by atoms with Gasteiger partial charge in [0.1, 0.15) is 0 Å². The molecule has 0 spiro atoms. The standard InChI is InChI=1S/C6H14N4/c1-9(2)5-8-6(7)10(3)4/h5,7H,1-4H3/b7-6?,8-5+. The second-order valence-electron chi connectivity index (χ2n) is 2.43. The van der Waals surface area contributed by atoms with Crippen LogP contribution in [0.3, 0.4) is 0 Å². The summed E-state index contributed by atoms with van der Waals surface area (Å²) in [6.45, 7) is 0. The molecule has 0 rings (SSSR count). The number of hydrogen-bond acceptors (Lipinski definition) is 1. The van der Waals surface area contributed by atoms with Gasteiger partial charge >= 0.3 is 0 Å². The lowest BCUT2D eigenvalue weighted by Crippen LogP contribution is -2.20. The van der Waals surface area contributed by atoms with Gasteiger partial charge in [0.15, 0.2) is 0 Å². The fraction of sp³-hybridized carbons (Fsp3) is 0.667. The van der Waals surface area contributed by atoms with Gasteiger partial charge in [-0.05, 0) is 0 Å². The fourth-order valence-electron chi connectivity index (χ4n) is 0.286. The quantitative estimate of drug-likeness (QED) is 0.416. The first-order chi connectivity index (χ1) is 4.54. The molecule has 0 fully saturated rings. The van der Waals surface area contributed by atoms with Crippen LogP contribution in [0.2, 0.25) is 0 Å². The van der Waals surface area contributed by atoms with Gasteiger partial charge in [-0.3, -0.25) is 5.41 Å². The SMILES string of the molecule is CN(C)/C=N/C(=N)N(C)C. The summed E-state index contributed by atoms with van der Waals surface area (Å²) in [4.78, 5) is 7.26. The summed E-state index contributed by atoms with van der Waals surface area (Å²) < 4.78 is 0. The van der Waals surface area contributed by atoms with Crippen LogP contribution < -0.4 is 0 Å². The minimum atomic E-state index is 0.258. The molecule has 4 heteroatoms. The zero-order valence-corrected chi connectivity index (χ0v) is 6.92. The van der Waals surface area contributed by atoms with E-state index in [1.807, 2.05) is 14.1 Å². The first-order valence-corrected chi connectivity index (χ1v) is 3.00. The van der Waals surface area contributed by atoms with Gasteiger partial charge in [0.25, 0.3) is 0 Å². The number of aliphatic imine (C=N–C) groups is 1. The molecule has 58 valence electrons. The molecule has 0 amide bonds. The first kappa shape index (κ1) is 8.94. The molecule has 0 aromatic carbocycles. The maximum atomic E-state index is 7.24. The Kier molecular flexibility index (Phi) is 3.46. The number of nitrogens with zero attached hydrogens (tertiary/aromatic N) is 3. The van der Waals surface area contributed by atoms with Crippen molar-refractivity contribution in [2.45, 2.75) is 0 Å². The minimum Gasteiger partial charge on any atom is -0.369 e. The topological polar surface area (TPSA) is 42.7 Å². The van der Waals surface area contributed by atoms with Crippen LogP contribution in [0.15, 0.2) is 4.99 Å². The predicted molar refractivity (Wildman–Crippen MR) is 43.6 cm³/mol. The highest BCUT2D eigenvalue weighted by Gasteiger charge is 1.91. The lowest BCUT2D eigenvalue weighted by Gasteiger charge is -2.09. The highest BCUT2D eigenvalue weighted by atomic mass is 15.2. The molecule has 0 aliphatic rings. The molecule has 0 unspecified atom stereocenters. The zero-order chi connectivity index (χ0) is 8.15. The molecule has 0 saturated carbocycles. The normalized spacial score (nSPS) is 10.0. The van der Waals surface area contributed by atoms with Crippen molar-refractivity contribution in [2.24, 2.45) is 4.99 Å². The molecule has 1 N–H and O–H groups in total. The Morgan fingerprint density at radius 1 is 1.30 bits per heavy atom. The molecule has 10 heavy (non-hydrogen) atoms. The molecule has 0 bridgehead atoms. The van der Waals surface area contributed by atoms with Crippen LogP contribution in [0.5, 0.6) is 0 Å². The fourth-order valence-corrected chi connectivity index (χ4v) is 0.286. The van der Waals surface area contributed by atoms with Crippen molar-refractivity contribution in [3.05, 3.63) is 0 Å². The van der Waals surface area contributed by atoms with Gasteiger partial charge in [-0.2, -0.15) is 0 Å². The number of hydrogen-bond donors (Lipinski definition) is 1. The van der Waals surface area contributed by atoms with Crippen molar-refractivity contribution in [1.82, 2.24) is 9.80 Å². The van der Waals surface area contributed by atoms with Gasteiger partial charge < -0.3 is 9.80 Å². The molecule has 0 heterocycles.